The van der Waals surface area contributed by atoms with E-state index in [2.05, 4.69) is 27.3 Å². The Kier molecular flexibility index (Phi) is 10.8. The van der Waals surface area contributed by atoms with Crippen LogP contribution in [0.25, 0.3) is 0 Å². The second-order valence-electron chi connectivity index (χ2n) is 15.1. The molecule has 274 valence electrons. The Labute approximate surface area is 292 Å². The van der Waals surface area contributed by atoms with Crippen molar-refractivity contribution in [3.05, 3.63) is 42.5 Å². The van der Waals surface area contributed by atoms with Gasteiger partial charge in [0.05, 0.1) is 17.5 Å². The minimum atomic E-state index is -3.94. The number of benzene rings is 1. The van der Waals surface area contributed by atoms with E-state index >= 15 is 0 Å². The Hall–Kier alpha value is -4.47. The number of carbonyl (C=O) groups is 6. The van der Waals surface area contributed by atoms with E-state index in [-0.39, 0.29) is 36.4 Å². The van der Waals surface area contributed by atoms with Crippen LogP contribution in [0.3, 0.4) is 0 Å². The number of carbonyl (C=O) groups excluding carboxylic acids is 6. The van der Waals surface area contributed by atoms with E-state index in [9.17, 15) is 37.2 Å². The van der Waals surface area contributed by atoms with Crippen LogP contribution >= 0.6 is 0 Å². The number of nitrogens with one attached hydrogen (secondary N) is 4. The second-order valence-corrected chi connectivity index (χ2v) is 17.1. The maximum atomic E-state index is 14.3. The highest BCUT2D eigenvalue weighted by atomic mass is 32.2. The van der Waals surface area contributed by atoms with Gasteiger partial charge in [0.1, 0.15) is 29.3 Å². The van der Waals surface area contributed by atoms with E-state index in [1.54, 1.807) is 53.7 Å². The maximum absolute atomic E-state index is 14.3. The van der Waals surface area contributed by atoms with E-state index in [1.165, 1.54) is 30.0 Å². The van der Waals surface area contributed by atoms with Crippen molar-refractivity contribution in [1.29, 1.82) is 0 Å². The number of likely N-dealkylation sites (tertiary alicyclic amines) is 1. The van der Waals surface area contributed by atoms with E-state index in [4.69, 9.17) is 9.47 Å². The van der Waals surface area contributed by atoms with Crippen molar-refractivity contribution in [2.24, 2.45) is 11.3 Å². The van der Waals surface area contributed by atoms with E-state index in [1.807, 2.05) is 0 Å². The standard InChI is InChI=1S/C34H47N5O10S/c1-9-20-17-34(20,29(43)38-50(46,47)22-14-15-22)37-27(41)25-16-21(48-30(44)35-24-13-11-10-12-23(24)19(2)40)18-39(25)28(42)26(32(3,4)5)36-31(45)49-33(6,7)8/h9-13,20-22,25-26H,1,14-18H2,2-8H3,(H,35,44)(H,36,45)(H,37,41)(H,38,43). The highest BCUT2D eigenvalue weighted by Gasteiger charge is 2.62. The van der Waals surface area contributed by atoms with Gasteiger partial charge in [-0.25, -0.2) is 18.0 Å². The van der Waals surface area contributed by atoms with Crippen LogP contribution in [0.1, 0.15) is 84.5 Å². The number of hydrogen-bond acceptors (Lipinski definition) is 10. The molecule has 1 aliphatic heterocycles. The van der Waals surface area contributed by atoms with Gasteiger partial charge in [-0.15, -0.1) is 6.58 Å². The lowest BCUT2D eigenvalue weighted by Crippen LogP contribution is -2.60. The van der Waals surface area contributed by atoms with Crippen molar-refractivity contribution in [3.63, 3.8) is 0 Å². The number of hydrogen-bond donors (Lipinski definition) is 4. The van der Waals surface area contributed by atoms with Gasteiger partial charge in [0.25, 0.3) is 5.91 Å². The smallest absolute Gasteiger partial charge is 0.411 e. The van der Waals surface area contributed by atoms with Crippen molar-refractivity contribution >= 4 is 51.4 Å². The molecule has 5 unspecified atom stereocenters. The molecule has 0 radical (unpaired) electrons. The van der Waals surface area contributed by atoms with Crippen molar-refractivity contribution in [2.75, 3.05) is 11.9 Å². The molecule has 1 saturated heterocycles. The zero-order chi connectivity index (χ0) is 37.4. The fourth-order valence-electron chi connectivity index (χ4n) is 5.82. The van der Waals surface area contributed by atoms with Crippen molar-refractivity contribution in [3.8, 4) is 0 Å². The number of Topliss-reactive ketones (excluding diaryl/α,β-unsaturated/α-hetero) is 1. The first-order chi connectivity index (χ1) is 23.1. The summed E-state index contributed by atoms with van der Waals surface area (Å²) >= 11 is 0. The fourth-order valence-corrected chi connectivity index (χ4v) is 7.19. The molecule has 1 aromatic carbocycles. The Morgan fingerprint density at radius 3 is 2.20 bits per heavy atom. The highest BCUT2D eigenvalue weighted by molar-refractivity contribution is 7.91. The lowest BCUT2D eigenvalue weighted by Gasteiger charge is -2.36. The van der Waals surface area contributed by atoms with Gasteiger partial charge in [-0.1, -0.05) is 39.0 Å². The lowest BCUT2D eigenvalue weighted by molar-refractivity contribution is -0.143. The number of rotatable bonds is 11. The van der Waals surface area contributed by atoms with Gasteiger partial charge in [0.2, 0.25) is 21.8 Å². The van der Waals surface area contributed by atoms with E-state index in [0.29, 0.717) is 12.8 Å². The molecule has 4 N–H and O–H groups in total. The predicted molar refractivity (Wildman–Crippen MR) is 182 cm³/mol. The zero-order valence-electron chi connectivity index (χ0n) is 29.5. The van der Waals surface area contributed by atoms with Crippen LogP contribution in [0.4, 0.5) is 15.3 Å². The summed E-state index contributed by atoms with van der Waals surface area (Å²) in [6.07, 6.45) is -0.654. The summed E-state index contributed by atoms with van der Waals surface area (Å²) in [5.41, 5.74) is -2.92. The van der Waals surface area contributed by atoms with Gasteiger partial charge in [-0.2, -0.15) is 0 Å². The predicted octanol–water partition coefficient (Wildman–Crippen LogP) is 3.02. The lowest BCUT2D eigenvalue weighted by atomic mass is 9.85. The first-order valence-corrected chi connectivity index (χ1v) is 18.0. The topological polar surface area (TPSA) is 206 Å². The van der Waals surface area contributed by atoms with Crippen molar-refractivity contribution < 1.29 is 46.7 Å². The Bertz CT molecular complexity index is 1680. The number of para-hydroxylation sites is 1. The SMILES string of the molecule is C=CC1CC1(NC(=O)C1CC(OC(=O)Nc2ccccc2C(C)=O)CN1C(=O)C(NC(=O)OC(C)(C)C)C(C)(C)C)C(=O)NS(=O)(=O)C1CC1. The molecule has 0 spiro atoms. The molecule has 50 heavy (non-hydrogen) atoms. The third-order valence-corrected chi connectivity index (χ3v) is 10.5. The molecule has 1 heterocycles. The summed E-state index contributed by atoms with van der Waals surface area (Å²) in [4.78, 5) is 80.7. The third-order valence-electron chi connectivity index (χ3n) is 8.69. The molecule has 16 heteroatoms. The minimum Gasteiger partial charge on any atom is -0.444 e. The summed E-state index contributed by atoms with van der Waals surface area (Å²) in [6.45, 7) is 14.9. The summed E-state index contributed by atoms with van der Waals surface area (Å²) in [7, 11) is -3.94. The van der Waals surface area contributed by atoms with Crippen LogP contribution in [0.15, 0.2) is 36.9 Å². The monoisotopic (exact) mass is 717 g/mol. The average molecular weight is 718 g/mol. The normalized spacial score (nSPS) is 23.9. The summed E-state index contributed by atoms with van der Waals surface area (Å²) in [5, 5.41) is 7.14. The molecule has 1 aromatic rings. The Morgan fingerprint density at radius 1 is 1.02 bits per heavy atom. The van der Waals surface area contributed by atoms with E-state index in [0.717, 1.165) is 0 Å². The highest BCUT2D eigenvalue weighted by Crippen LogP contribution is 2.45. The summed E-state index contributed by atoms with van der Waals surface area (Å²) < 4.78 is 38.3. The molecule has 0 bridgehead atoms. The largest absolute Gasteiger partial charge is 0.444 e. The maximum Gasteiger partial charge on any atom is 0.411 e. The van der Waals surface area contributed by atoms with Gasteiger partial charge < -0.3 is 25.0 Å². The Balaban J connectivity index is 1.60. The van der Waals surface area contributed by atoms with Crippen LogP contribution in [-0.4, -0.2) is 90.1 Å². The van der Waals surface area contributed by atoms with Crippen LogP contribution in [-0.2, 0) is 33.9 Å². The number of ether oxygens (including phenoxy) is 2. The molecular weight excluding hydrogens is 670 g/mol. The number of ketones is 1. The first kappa shape index (κ1) is 38.3. The van der Waals surface area contributed by atoms with Gasteiger partial charge >= 0.3 is 12.2 Å². The number of amides is 5. The van der Waals surface area contributed by atoms with Gasteiger partial charge in [-0.3, -0.25) is 29.2 Å². The van der Waals surface area contributed by atoms with Crippen molar-refractivity contribution in [2.45, 2.75) is 109 Å². The van der Waals surface area contributed by atoms with Gasteiger partial charge in [0.15, 0.2) is 5.78 Å². The fraction of sp³-hybridized carbons (Fsp3) is 0.588. The van der Waals surface area contributed by atoms with Crippen LogP contribution in [0, 0.1) is 11.3 Å². The second kappa shape index (κ2) is 14.0. The molecule has 2 aliphatic carbocycles. The van der Waals surface area contributed by atoms with Gasteiger partial charge in [-0.05, 0) is 64.5 Å². The number of anilines is 1. The van der Waals surface area contributed by atoms with Crippen LogP contribution in [0.5, 0.6) is 0 Å². The minimum absolute atomic E-state index is 0.0810. The molecule has 5 atom stereocenters. The molecule has 0 aromatic heterocycles. The molecule has 4 rings (SSSR count). The molecule has 2 saturated carbocycles. The van der Waals surface area contributed by atoms with Gasteiger partial charge in [0, 0.05) is 17.9 Å². The van der Waals surface area contributed by atoms with E-state index < -0.39 is 85.8 Å². The quantitative estimate of drug-likeness (QED) is 0.194. The summed E-state index contributed by atoms with van der Waals surface area (Å²) in [5.74, 6) is -3.25. The molecule has 3 aliphatic rings. The summed E-state index contributed by atoms with van der Waals surface area (Å²) in [6, 6.07) is 3.82. The number of sulfonamides is 1. The Morgan fingerprint density at radius 2 is 1.66 bits per heavy atom. The molecule has 3 fully saturated rings. The zero-order valence-corrected chi connectivity index (χ0v) is 30.3. The third kappa shape index (κ3) is 9.00. The number of nitrogens with zero attached hydrogens (tertiary/aromatic N) is 1. The average Bonchev–Trinajstić information content (AvgIpc) is 3.91. The molecule has 5 amide bonds. The van der Waals surface area contributed by atoms with Crippen LogP contribution < -0.4 is 20.7 Å². The molecular formula is C34H47N5O10S. The molecule has 15 nitrogen and oxygen atoms in total. The number of alkyl carbamates (subject to hydrolysis) is 1. The van der Waals surface area contributed by atoms with Crippen molar-refractivity contribution in [1.82, 2.24) is 20.3 Å². The van der Waals surface area contributed by atoms with Crippen LogP contribution in [0.2, 0.25) is 0 Å². The first-order valence-electron chi connectivity index (χ1n) is 16.5.